The highest BCUT2D eigenvalue weighted by molar-refractivity contribution is 5.95. The number of unbranched alkanes of at least 4 members (excludes halogenated alkanes) is 1. The number of carbonyl (C=O) groups is 2. The first-order chi connectivity index (χ1) is 18.9. The third-order valence-corrected chi connectivity index (χ3v) is 6.71. The van der Waals surface area contributed by atoms with Crippen molar-refractivity contribution in [2.45, 2.75) is 70.7 Å². The second kappa shape index (κ2) is 14.4. The van der Waals surface area contributed by atoms with Crippen LogP contribution in [0.3, 0.4) is 0 Å². The van der Waals surface area contributed by atoms with Crippen molar-refractivity contribution in [2.75, 3.05) is 38.1 Å². The SMILES string of the molecule is CC(C)OCCN(CCCCc1ccc2c(n1)NCCC2)CCC(NC(=O)c1cc(C(F)(F)F)nn1C)C(=O)O. The zero-order valence-corrected chi connectivity index (χ0v) is 23.3. The summed E-state index contributed by atoms with van der Waals surface area (Å²) < 4.78 is 45.4. The number of pyridine rings is 1. The molecule has 1 aliphatic heterocycles. The third-order valence-electron chi connectivity index (χ3n) is 6.71. The van der Waals surface area contributed by atoms with E-state index in [9.17, 15) is 27.9 Å². The fourth-order valence-corrected chi connectivity index (χ4v) is 4.52. The molecule has 0 aliphatic carbocycles. The lowest BCUT2D eigenvalue weighted by atomic mass is 10.1. The fraction of sp³-hybridized carbons (Fsp3) is 0.630. The van der Waals surface area contributed by atoms with Crippen LogP contribution in [0.15, 0.2) is 18.2 Å². The number of carboxylic acids is 1. The van der Waals surface area contributed by atoms with E-state index in [1.54, 1.807) is 0 Å². The zero-order valence-electron chi connectivity index (χ0n) is 23.3. The molecule has 3 heterocycles. The van der Waals surface area contributed by atoms with Crippen LogP contribution in [0.1, 0.15) is 67.0 Å². The molecular weight excluding hydrogens is 529 g/mol. The average Bonchev–Trinajstić information content (AvgIpc) is 3.30. The number of hydrogen-bond acceptors (Lipinski definition) is 7. The highest BCUT2D eigenvalue weighted by Gasteiger charge is 2.36. The van der Waals surface area contributed by atoms with Crippen molar-refractivity contribution >= 4 is 17.7 Å². The molecule has 0 fully saturated rings. The number of nitrogens with one attached hydrogen (secondary N) is 2. The Labute approximate surface area is 232 Å². The van der Waals surface area contributed by atoms with Crippen molar-refractivity contribution < 1.29 is 32.6 Å². The van der Waals surface area contributed by atoms with Gasteiger partial charge in [-0.1, -0.05) is 6.07 Å². The number of halogens is 3. The van der Waals surface area contributed by atoms with Gasteiger partial charge in [-0.2, -0.15) is 18.3 Å². The summed E-state index contributed by atoms with van der Waals surface area (Å²) in [5.74, 6) is -1.23. The first-order valence-electron chi connectivity index (χ1n) is 13.7. The minimum atomic E-state index is -4.71. The molecule has 0 saturated heterocycles. The molecule has 10 nitrogen and oxygen atoms in total. The van der Waals surface area contributed by atoms with Crippen LogP contribution in [-0.2, 0) is 35.6 Å². The Balaban J connectivity index is 1.54. The molecule has 1 amide bonds. The van der Waals surface area contributed by atoms with Crippen LogP contribution in [0, 0.1) is 0 Å². The molecule has 0 bridgehead atoms. The number of anilines is 1. The lowest BCUT2D eigenvalue weighted by Gasteiger charge is -2.25. The largest absolute Gasteiger partial charge is 0.480 e. The summed E-state index contributed by atoms with van der Waals surface area (Å²) in [7, 11) is 1.20. The molecule has 1 unspecified atom stereocenters. The van der Waals surface area contributed by atoms with Crippen LogP contribution < -0.4 is 10.6 Å². The molecule has 2 aromatic heterocycles. The van der Waals surface area contributed by atoms with Crippen molar-refractivity contribution in [3.05, 3.63) is 40.8 Å². The Hall–Kier alpha value is -3.19. The van der Waals surface area contributed by atoms with Crippen molar-refractivity contribution in [1.82, 2.24) is 25.0 Å². The summed E-state index contributed by atoms with van der Waals surface area (Å²) in [4.78, 5) is 31.3. The topological polar surface area (TPSA) is 122 Å². The van der Waals surface area contributed by atoms with Gasteiger partial charge in [-0.15, -0.1) is 0 Å². The predicted octanol–water partition coefficient (Wildman–Crippen LogP) is 3.52. The maximum atomic E-state index is 13.0. The lowest BCUT2D eigenvalue weighted by molar-refractivity contribution is -0.141. The smallest absolute Gasteiger partial charge is 0.435 e. The number of rotatable bonds is 15. The van der Waals surface area contributed by atoms with Crippen LogP contribution in [-0.4, -0.2) is 81.6 Å². The number of carboxylic acid groups (broad SMARTS) is 1. The molecule has 13 heteroatoms. The molecule has 1 aliphatic rings. The lowest BCUT2D eigenvalue weighted by Crippen LogP contribution is -2.44. The highest BCUT2D eigenvalue weighted by atomic mass is 19.4. The van der Waals surface area contributed by atoms with Gasteiger partial charge in [0.1, 0.15) is 17.6 Å². The predicted molar refractivity (Wildman–Crippen MR) is 143 cm³/mol. The maximum Gasteiger partial charge on any atom is 0.435 e. The average molecular weight is 569 g/mol. The molecular formula is C27H39F3N6O4. The van der Waals surface area contributed by atoms with Crippen LogP contribution in [0.5, 0.6) is 0 Å². The monoisotopic (exact) mass is 568 g/mol. The van der Waals surface area contributed by atoms with E-state index >= 15 is 0 Å². The molecule has 0 aromatic carbocycles. The molecule has 0 radical (unpaired) electrons. The summed E-state index contributed by atoms with van der Waals surface area (Å²) in [6.45, 7) is 6.91. The highest BCUT2D eigenvalue weighted by Crippen LogP contribution is 2.28. The molecule has 2 aromatic rings. The Bertz CT molecular complexity index is 1140. The van der Waals surface area contributed by atoms with Crippen LogP contribution in [0.4, 0.5) is 19.0 Å². The van der Waals surface area contributed by atoms with Gasteiger partial charge in [0.2, 0.25) is 0 Å². The maximum absolute atomic E-state index is 13.0. The summed E-state index contributed by atoms with van der Waals surface area (Å²) >= 11 is 0. The molecule has 40 heavy (non-hydrogen) atoms. The molecule has 222 valence electrons. The number of nitrogens with zero attached hydrogens (tertiary/aromatic N) is 4. The second-order valence-corrected chi connectivity index (χ2v) is 10.2. The van der Waals surface area contributed by atoms with E-state index in [4.69, 9.17) is 9.72 Å². The summed E-state index contributed by atoms with van der Waals surface area (Å²) in [6, 6.07) is 3.53. The summed E-state index contributed by atoms with van der Waals surface area (Å²) in [5, 5.41) is 18.7. The van der Waals surface area contributed by atoms with E-state index in [-0.39, 0.29) is 18.2 Å². The molecule has 1 atom stereocenters. The van der Waals surface area contributed by atoms with Gasteiger partial charge >= 0.3 is 12.1 Å². The number of aliphatic carboxylic acids is 1. The van der Waals surface area contributed by atoms with E-state index < -0.39 is 29.8 Å². The van der Waals surface area contributed by atoms with Crippen LogP contribution in [0.2, 0.25) is 0 Å². The van der Waals surface area contributed by atoms with Crippen molar-refractivity contribution in [3.8, 4) is 0 Å². The number of ether oxygens (including phenoxy) is 1. The van der Waals surface area contributed by atoms with Gasteiger partial charge in [-0.3, -0.25) is 9.48 Å². The Morgan fingerprint density at radius 1 is 1.23 bits per heavy atom. The molecule has 3 rings (SSSR count). The van der Waals surface area contributed by atoms with Gasteiger partial charge in [0, 0.05) is 38.4 Å². The minimum absolute atomic E-state index is 0.0529. The number of carbonyl (C=O) groups excluding carboxylic acids is 1. The van der Waals surface area contributed by atoms with E-state index in [2.05, 4.69) is 32.8 Å². The number of aromatic nitrogens is 3. The van der Waals surface area contributed by atoms with Gasteiger partial charge in [-0.05, 0) is 70.5 Å². The van der Waals surface area contributed by atoms with Crippen molar-refractivity contribution in [3.63, 3.8) is 0 Å². The quantitative estimate of drug-likeness (QED) is 0.279. The zero-order chi connectivity index (χ0) is 29.3. The van der Waals surface area contributed by atoms with Crippen LogP contribution >= 0.6 is 0 Å². The Kier molecular flexibility index (Phi) is 11.3. The number of aryl methyl sites for hydroxylation is 3. The first kappa shape index (κ1) is 31.3. The summed E-state index contributed by atoms with van der Waals surface area (Å²) in [6.07, 6.45) is 0.137. The molecule has 0 saturated carbocycles. The fourth-order valence-electron chi connectivity index (χ4n) is 4.52. The number of hydrogen-bond donors (Lipinski definition) is 3. The first-order valence-corrected chi connectivity index (χ1v) is 13.7. The second-order valence-electron chi connectivity index (χ2n) is 10.2. The summed E-state index contributed by atoms with van der Waals surface area (Å²) in [5.41, 5.74) is 0.688. The van der Waals surface area contributed by atoms with Gasteiger partial charge in [0.15, 0.2) is 5.69 Å². The van der Waals surface area contributed by atoms with Crippen molar-refractivity contribution in [2.24, 2.45) is 7.05 Å². The van der Waals surface area contributed by atoms with E-state index in [0.717, 1.165) is 54.8 Å². The minimum Gasteiger partial charge on any atom is -0.480 e. The van der Waals surface area contributed by atoms with Gasteiger partial charge in [0.05, 0.1) is 12.7 Å². The molecule has 3 N–H and O–H groups in total. The van der Waals surface area contributed by atoms with Gasteiger partial charge in [0.25, 0.3) is 5.91 Å². The number of amides is 1. The molecule has 0 spiro atoms. The Morgan fingerprint density at radius 2 is 2.00 bits per heavy atom. The van der Waals surface area contributed by atoms with Crippen LogP contribution in [0.25, 0.3) is 0 Å². The third kappa shape index (κ3) is 9.47. The normalized spacial score (nSPS) is 14.2. The van der Waals surface area contributed by atoms with Gasteiger partial charge in [-0.25, -0.2) is 9.78 Å². The standard InChI is InChI=1S/C27H39F3N6O4/c1-18(2)40-16-15-36(13-5-4-8-20-10-9-19-7-6-12-31-24(19)32-20)14-11-21(26(38)39)33-25(37)22-17-23(27(28,29)30)34-35(22)3/h9-10,17-18,21H,4-8,11-16H2,1-3H3,(H,31,32)(H,33,37)(H,38,39). The van der Waals surface area contributed by atoms with E-state index in [1.165, 1.54) is 12.6 Å². The van der Waals surface area contributed by atoms with Crippen molar-refractivity contribution in [1.29, 1.82) is 0 Å². The van der Waals surface area contributed by atoms with E-state index in [0.29, 0.717) is 32.3 Å². The number of alkyl halides is 3. The van der Waals surface area contributed by atoms with Gasteiger partial charge < -0.3 is 25.4 Å². The number of fused-ring (bicyclic) bond motifs is 1. The van der Waals surface area contributed by atoms with E-state index in [1.807, 2.05) is 13.8 Å². The Morgan fingerprint density at radius 3 is 2.67 bits per heavy atom.